The molecule has 0 heterocycles. The monoisotopic (exact) mass is 521 g/mol. The molecule has 3 N–H and O–H groups in total. The van der Waals surface area contributed by atoms with Gasteiger partial charge in [-0.3, -0.25) is 14.4 Å². The lowest BCUT2D eigenvalue weighted by atomic mass is 9.98. The molecule has 10 nitrogen and oxygen atoms in total. The molecule has 0 aliphatic heterocycles. The number of amides is 3. The number of hydrogen-bond donors (Lipinski definition) is 3. The summed E-state index contributed by atoms with van der Waals surface area (Å²) in [6.45, 7) is 10.0. The molecule has 10 heteroatoms. The predicted octanol–water partition coefficient (Wildman–Crippen LogP) is 2.93. The first kappa shape index (κ1) is 31.9. The first-order chi connectivity index (χ1) is 17.3. The van der Waals surface area contributed by atoms with Crippen LogP contribution in [0, 0.1) is 13.8 Å². The van der Waals surface area contributed by atoms with Gasteiger partial charge in [0.25, 0.3) is 0 Å². The van der Waals surface area contributed by atoms with Gasteiger partial charge < -0.3 is 30.1 Å². The molecule has 0 aromatic heterocycles. The number of benzene rings is 1. The average molecular weight is 522 g/mol. The van der Waals surface area contributed by atoms with Gasteiger partial charge in [-0.1, -0.05) is 55.5 Å². The van der Waals surface area contributed by atoms with E-state index in [1.165, 1.54) is 12.0 Å². The van der Waals surface area contributed by atoms with Gasteiger partial charge in [0.1, 0.15) is 24.2 Å². The van der Waals surface area contributed by atoms with Crippen molar-refractivity contribution in [3.05, 3.63) is 34.9 Å². The molecule has 208 valence electrons. The zero-order valence-electron chi connectivity index (χ0n) is 23.2. The van der Waals surface area contributed by atoms with Crippen LogP contribution in [0.1, 0.15) is 76.1 Å². The van der Waals surface area contributed by atoms with Crippen molar-refractivity contribution in [2.45, 2.75) is 84.9 Å². The van der Waals surface area contributed by atoms with Crippen LogP contribution in [0.4, 0.5) is 4.79 Å². The molecule has 0 fully saturated rings. The number of hydrogen-bond acceptors (Lipinski definition) is 7. The van der Waals surface area contributed by atoms with Crippen molar-refractivity contribution < 1.29 is 33.8 Å². The van der Waals surface area contributed by atoms with Crippen LogP contribution < -0.4 is 10.6 Å². The molecule has 2 atom stereocenters. The molecule has 37 heavy (non-hydrogen) atoms. The van der Waals surface area contributed by atoms with Crippen LogP contribution in [0.25, 0.3) is 0 Å². The van der Waals surface area contributed by atoms with Crippen molar-refractivity contribution in [1.29, 1.82) is 0 Å². The number of nitrogens with one attached hydrogen (secondary N) is 2. The molecule has 1 aromatic carbocycles. The summed E-state index contributed by atoms with van der Waals surface area (Å²) in [5, 5.41) is 15.0. The Bertz CT molecular complexity index is 907. The Hall–Kier alpha value is -3.14. The maximum atomic E-state index is 13.7. The second kappa shape index (κ2) is 15.2. The van der Waals surface area contributed by atoms with E-state index < -0.39 is 48.2 Å². The van der Waals surface area contributed by atoms with Crippen LogP contribution in [0.5, 0.6) is 0 Å². The van der Waals surface area contributed by atoms with Gasteiger partial charge in [-0.15, -0.1) is 0 Å². The molecule has 0 aliphatic rings. The van der Waals surface area contributed by atoms with Gasteiger partial charge in [-0.05, 0) is 46.6 Å². The Kier molecular flexibility index (Phi) is 13.1. The van der Waals surface area contributed by atoms with Crippen LogP contribution in [-0.2, 0) is 23.9 Å². The Morgan fingerprint density at radius 1 is 1.03 bits per heavy atom. The molecule has 2 unspecified atom stereocenters. The van der Waals surface area contributed by atoms with Crippen molar-refractivity contribution in [2.75, 3.05) is 26.8 Å². The quantitative estimate of drug-likeness (QED) is 0.268. The van der Waals surface area contributed by atoms with Crippen LogP contribution >= 0.6 is 0 Å². The highest BCUT2D eigenvalue weighted by Crippen LogP contribution is 2.26. The normalized spacial score (nSPS) is 12.8. The highest BCUT2D eigenvalue weighted by Gasteiger charge is 2.36. The highest BCUT2D eigenvalue weighted by molar-refractivity contribution is 5.93. The molecule has 0 bridgehead atoms. The first-order valence-electron chi connectivity index (χ1n) is 12.7. The summed E-state index contributed by atoms with van der Waals surface area (Å²) in [7, 11) is 1.22. The number of aliphatic hydroxyl groups excluding tert-OH is 1. The molecule has 0 saturated heterocycles. The second-order valence-electron chi connectivity index (χ2n) is 10.1. The number of esters is 1. The summed E-state index contributed by atoms with van der Waals surface area (Å²) in [5.74, 6) is -1.84. The molecule has 0 saturated carbocycles. The number of nitrogens with zero attached hydrogens (tertiary/aromatic N) is 1. The Labute approximate surface area is 220 Å². The third kappa shape index (κ3) is 11.2. The van der Waals surface area contributed by atoms with E-state index in [4.69, 9.17) is 4.74 Å². The van der Waals surface area contributed by atoms with Gasteiger partial charge in [0, 0.05) is 6.54 Å². The SMILES string of the molecule is CCCCCCN(C(=O)C(CO)NC(=O)OC(C)(C)C)C(C(=O)NCC(=O)OC)c1cc(C)cc(C)c1. The summed E-state index contributed by atoms with van der Waals surface area (Å²) in [6, 6.07) is 3.11. The van der Waals surface area contributed by atoms with E-state index in [0.29, 0.717) is 12.0 Å². The van der Waals surface area contributed by atoms with Gasteiger partial charge in [0.2, 0.25) is 11.8 Å². The van der Waals surface area contributed by atoms with Crippen molar-refractivity contribution in [2.24, 2.45) is 0 Å². The van der Waals surface area contributed by atoms with E-state index in [1.807, 2.05) is 19.9 Å². The second-order valence-corrected chi connectivity index (χ2v) is 10.1. The molecule has 1 rings (SSSR count). The van der Waals surface area contributed by atoms with E-state index in [0.717, 1.165) is 30.4 Å². The van der Waals surface area contributed by atoms with Crippen molar-refractivity contribution in [1.82, 2.24) is 15.5 Å². The zero-order chi connectivity index (χ0) is 28.2. The maximum Gasteiger partial charge on any atom is 0.408 e. The van der Waals surface area contributed by atoms with Crippen molar-refractivity contribution in [3.8, 4) is 0 Å². The fraction of sp³-hybridized carbons (Fsp3) is 0.630. The third-order valence-electron chi connectivity index (χ3n) is 5.46. The van der Waals surface area contributed by atoms with Crippen molar-refractivity contribution >= 4 is 23.9 Å². The lowest BCUT2D eigenvalue weighted by Gasteiger charge is -2.34. The number of methoxy groups -OCH3 is 1. The molecule has 1 aromatic rings. The smallest absolute Gasteiger partial charge is 0.408 e. The topological polar surface area (TPSA) is 134 Å². The van der Waals surface area contributed by atoms with E-state index in [-0.39, 0.29) is 13.1 Å². The number of aliphatic hydroxyl groups is 1. The number of ether oxygens (including phenoxy) is 2. The van der Waals surface area contributed by atoms with Gasteiger partial charge in [0.05, 0.1) is 13.7 Å². The maximum absolute atomic E-state index is 13.7. The summed E-state index contributed by atoms with van der Waals surface area (Å²) in [6.07, 6.45) is 2.50. The molecule has 0 aliphatic carbocycles. The Morgan fingerprint density at radius 2 is 1.65 bits per heavy atom. The molecule has 0 radical (unpaired) electrons. The fourth-order valence-electron chi connectivity index (χ4n) is 3.88. The number of aryl methyl sites for hydroxylation is 2. The zero-order valence-corrected chi connectivity index (χ0v) is 23.2. The largest absolute Gasteiger partial charge is 0.468 e. The highest BCUT2D eigenvalue weighted by atomic mass is 16.6. The van der Waals surface area contributed by atoms with Gasteiger partial charge in [0.15, 0.2) is 0 Å². The van der Waals surface area contributed by atoms with Gasteiger partial charge in [-0.25, -0.2) is 4.79 Å². The lowest BCUT2D eigenvalue weighted by molar-refractivity contribution is -0.145. The van der Waals surface area contributed by atoms with Crippen LogP contribution in [0.3, 0.4) is 0 Å². The van der Waals surface area contributed by atoms with E-state index in [9.17, 15) is 24.3 Å². The minimum atomic E-state index is -1.33. The van der Waals surface area contributed by atoms with E-state index >= 15 is 0 Å². The number of carbonyl (C=O) groups is 4. The molecular weight excluding hydrogens is 478 g/mol. The molecular formula is C27H43N3O7. The Balaban J connectivity index is 3.45. The molecule has 0 spiro atoms. The standard InChI is InChI=1S/C27H43N3O7/c1-8-9-10-11-12-30(25(34)21(17-31)29-26(35)37-27(4,5)6)23(24(33)28-16-22(32)36-7)20-14-18(2)13-19(3)15-20/h13-15,21,23,31H,8-12,16-17H2,1-7H3,(H,28,33)(H,29,35). The van der Waals surface area contributed by atoms with Crippen molar-refractivity contribution in [3.63, 3.8) is 0 Å². The van der Waals surface area contributed by atoms with E-state index in [1.54, 1.807) is 32.9 Å². The van der Waals surface area contributed by atoms with Crippen LogP contribution in [0.2, 0.25) is 0 Å². The summed E-state index contributed by atoms with van der Waals surface area (Å²) >= 11 is 0. The summed E-state index contributed by atoms with van der Waals surface area (Å²) < 4.78 is 9.89. The van der Waals surface area contributed by atoms with E-state index in [2.05, 4.69) is 22.3 Å². The van der Waals surface area contributed by atoms with Gasteiger partial charge in [-0.2, -0.15) is 0 Å². The predicted molar refractivity (Wildman–Crippen MR) is 140 cm³/mol. The fourth-order valence-corrected chi connectivity index (χ4v) is 3.88. The summed E-state index contributed by atoms with van der Waals surface area (Å²) in [5.41, 5.74) is 1.54. The average Bonchev–Trinajstić information content (AvgIpc) is 2.80. The van der Waals surface area contributed by atoms with Crippen LogP contribution in [0.15, 0.2) is 18.2 Å². The third-order valence-corrected chi connectivity index (χ3v) is 5.46. The first-order valence-corrected chi connectivity index (χ1v) is 12.7. The number of rotatable bonds is 13. The minimum Gasteiger partial charge on any atom is -0.468 e. The number of unbranched alkanes of at least 4 members (excludes halogenated alkanes) is 3. The van der Waals surface area contributed by atoms with Gasteiger partial charge >= 0.3 is 12.1 Å². The number of carbonyl (C=O) groups excluding carboxylic acids is 4. The Morgan fingerprint density at radius 3 is 2.16 bits per heavy atom. The summed E-state index contributed by atoms with van der Waals surface area (Å²) in [4.78, 5) is 52.6. The van der Waals surface area contributed by atoms with Crippen LogP contribution in [-0.4, -0.2) is 72.3 Å². The lowest BCUT2D eigenvalue weighted by Crippen LogP contribution is -2.54. The molecule has 3 amide bonds. The minimum absolute atomic E-state index is 0.203. The number of alkyl carbamates (subject to hydrolysis) is 1.